The smallest absolute Gasteiger partial charge is 0.223 e. The number of nitrogens with one attached hydrogen (secondary N) is 1. The summed E-state index contributed by atoms with van der Waals surface area (Å²) in [7, 11) is 0. The number of nitrogens with zero attached hydrogens (tertiary/aromatic N) is 1. The summed E-state index contributed by atoms with van der Waals surface area (Å²) in [5, 5.41) is 4.41. The summed E-state index contributed by atoms with van der Waals surface area (Å²) < 4.78 is 0. The van der Waals surface area contributed by atoms with E-state index in [9.17, 15) is 9.59 Å². The molecule has 0 aromatic heterocycles. The minimum Gasteiger partial charge on any atom is -0.346 e. The van der Waals surface area contributed by atoms with E-state index >= 15 is 0 Å². The Hall–Kier alpha value is -2.66. The van der Waals surface area contributed by atoms with Gasteiger partial charge in [-0.25, -0.2) is 0 Å². The van der Waals surface area contributed by atoms with Crippen molar-refractivity contribution in [2.24, 2.45) is 5.92 Å². The molecule has 1 amide bonds. The quantitative estimate of drug-likeness (QED) is 0.288. The topological polar surface area (TPSA) is 49.4 Å². The zero-order valence-corrected chi connectivity index (χ0v) is 22.9. The molecule has 0 aliphatic carbocycles. The van der Waals surface area contributed by atoms with Gasteiger partial charge in [0.2, 0.25) is 5.91 Å². The fourth-order valence-corrected chi connectivity index (χ4v) is 5.46. The predicted octanol–water partition coefficient (Wildman–Crippen LogP) is 7.46. The number of piperidine rings is 1. The van der Waals surface area contributed by atoms with Gasteiger partial charge in [-0.1, -0.05) is 104 Å². The maximum Gasteiger partial charge on any atom is 0.223 e. The van der Waals surface area contributed by atoms with Crippen molar-refractivity contribution in [1.82, 2.24) is 10.2 Å². The first-order valence-corrected chi connectivity index (χ1v) is 13.7. The molecule has 1 fully saturated rings. The number of benzene rings is 3. The lowest BCUT2D eigenvalue weighted by Gasteiger charge is -2.45. The Morgan fingerprint density at radius 3 is 2.11 bits per heavy atom. The molecule has 3 aromatic carbocycles. The fraction of sp³-hybridized carbons (Fsp3) is 0.355. The highest BCUT2D eigenvalue weighted by Gasteiger charge is 2.39. The van der Waals surface area contributed by atoms with Crippen LogP contribution < -0.4 is 5.32 Å². The third-order valence-corrected chi connectivity index (χ3v) is 8.11. The number of rotatable bonds is 9. The minimum absolute atomic E-state index is 0.0111. The Labute approximate surface area is 230 Å². The highest BCUT2D eigenvalue weighted by molar-refractivity contribution is 6.42. The van der Waals surface area contributed by atoms with Crippen LogP contribution in [0, 0.1) is 5.92 Å². The summed E-state index contributed by atoms with van der Waals surface area (Å²) in [5.41, 5.74) is 2.50. The third kappa shape index (κ3) is 6.62. The zero-order valence-electron chi connectivity index (χ0n) is 21.4. The van der Waals surface area contributed by atoms with Crippen LogP contribution in [0.1, 0.15) is 67.1 Å². The van der Waals surface area contributed by atoms with Gasteiger partial charge in [-0.15, -0.1) is 0 Å². The summed E-state index contributed by atoms with van der Waals surface area (Å²) in [6.07, 6.45) is 2.65. The van der Waals surface area contributed by atoms with E-state index in [-0.39, 0.29) is 23.7 Å². The van der Waals surface area contributed by atoms with Crippen molar-refractivity contribution in [2.75, 3.05) is 13.1 Å². The highest BCUT2D eigenvalue weighted by Crippen LogP contribution is 2.39. The van der Waals surface area contributed by atoms with Gasteiger partial charge in [-0.3, -0.25) is 14.5 Å². The van der Waals surface area contributed by atoms with Crippen LogP contribution in [0.15, 0.2) is 78.9 Å². The summed E-state index contributed by atoms with van der Waals surface area (Å²) in [5.74, 6) is 0.101. The van der Waals surface area contributed by atoms with E-state index in [2.05, 4.69) is 22.3 Å². The molecule has 1 N–H and O–H groups in total. The van der Waals surface area contributed by atoms with Crippen LogP contribution >= 0.6 is 23.2 Å². The molecule has 1 aliphatic rings. The maximum absolute atomic E-state index is 12.9. The van der Waals surface area contributed by atoms with E-state index in [1.165, 1.54) is 0 Å². The number of carbonyl (C=O) groups excluding carboxylic acids is 2. The molecule has 194 valence electrons. The number of hydrogen-bond donors (Lipinski definition) is 1. The Kier molecular flexibility index (Phi) is 9.07. The SMILES string of the molecule is CC(C)C(=O)NC1(c2ccccc2)CCN(C(CCC(=O)c2ccccc2)c2ccc(Cl)c(Cl)c2)CC1. The van der Waals surface area contributed by atoms with Gasteiger partial charge >= 0.3 is 0 Å². The van der Waals surface area contributed by atoms with Gasteiger partial charge in [-0.2, -0.15) is 0 Å². The van der Waals surface area contributed by atoms with Crippen molar-refractivity contribution >= 4 is 34.9 Å². The molecule has 0 bridgehead atoms. The van der Waals surface area contributed by atoms with Crippen molar-refractivity contribution < 1.29 is 9.59 Å². The Bertz CT molecular complexity index is 1210. The number of amides is 1. The second-order valence-corrected chi connectivity index (χ2v) is 11.0. The maximum atomic E-state index is 12.9. The number of halogens is 2. The molecule has 37 heavy (non-hydrogen) atoms. The monoisotopic (exact) mass is 536 g/mol. The molecular weight excluding hydrogens is 503 g/mol. The lowest BCUT2D eigenvalue weighted by atomic mass is 9.79. The molecule has 1 heterocycles. The standard InChI is InChI=1S/C31H34Cl2N2O2/c1-22(2)30(37)34-31(25-11-7-4-8-12-25)17-19-35(20-18-31)28(24-13-14-26(32)27(33)21-24)15-16-29(36)23-9-5-3-6-10-23/h3-14,21-22,28H,15-20H2,1-2H3,(H,34,37). The van der Waals surface area contributed by atoms with Gasteiger partial charge in [0.25, 0.3) is 0 Å². The first kappa shape index (κ1) is 27.4. The molecule has 1 aliphatic heterocycles. The van der Waals surface area contributed by atoms with E-state index in [1.54, 1.807) is 0 Å². The van der Waals surface area contributed by atoms with Crippen molar-refractivity contribution in [3.8, 4) is 0 Å². The van der Waals surface area contributed by atoms with Crippen LogP contribution in [0.2, 0.25) is 10.0 Å². The minimum atomic E-state index is -0.416. The molecule has 1 unspecified atom stereocenters. The van der Waals surface area contributed by atoms with Crippen LogP contribution in [0.5, 0.6) is 0 Å². The van der Waals surface area contributed by atoms with Gasteiger partial charge < -0.3 is 5.32 Å². The Morgan fingerprint density at radius 2 is 1.51 bits per heavy atom. The van der Waals surface area contributed by atoms with Crippen LogP contribution in [0.3, 0.4) is 0 Å². The lowest BCUT2D eigenvalue weighted by Crippen LogP contribution is -2.54. The Morgan fingerprint density at radius 1 is 0.892 bits per heavy atom. The van der Waals surface area contributed by atoms with E-state index in [0.29, 0.717) is 22.9 Å². The lowest BCUT2D eigenvalue weighted by molar-refractivity contribution is -0.127. The number of Topliss-reactive ketones (excluding diaryl/α,β-unsaturated/α-hetero) is 1. The highest BCUT2D eigenvalue weighted by atomic mass is 35.5. The normalized spacial score (nSPS) is 16.4. The predicted molar refractivity (Wildman–Crippen MR) is 151 cm³/mol. The molecule has 4 nitrogen and oxygen atoms in total. The average Bonchev–Trinajstić information content (AvgIpc) is 2.92. The van der Waals surface area contributed by atoms with E-state index < -0.39 is 5.54 Å². The van der Waals surface area contributed by atoms with Gasteiger partial charge in [0.15, 0.2) is 5.78 Å². The van der Waals surface area contributed by atoms with Crippen molar-refractivity contribution in [1.29, 1.82) is 0 Å². The summed E-state index contributed by atoms with van der Waals surface area (Å²) in [4.78, 5) is 28.2. The summed E-state index contributed by atoms with van der Waals surface area (Å²) >= 11 is 12.6. The molecule has 6 heteroatoms. The largest absolute Gasteiger partial charge is 0.346 e. The van der Waals surface area contributed by atoms with Crippen molar-refractivity contribution in [3.05, 3.63) is 106 Å². The second kappa shape index (κ2) is 12.3. The van der Waals surface area contributed by atoms with E-state index in [1.807, 2.05) is 80.6 Å². The van der Waals surface area contributed by atoms with Crippen LogP contribution in [-0.4, -0.2) is 29.7 Å². The van der Waals surface area contributed by atoms with Gasteiger partial charge in [0, 0.05) is 37.0 Å². The fourth-order valence-electron chi connectivity index (χ4n) is 5.16. The number of ketones is 1. The average molecular weight is 538 g/mol. The first-order valence-electron chi connectivity index (χ1n) is 12.9. The number of carbonyl (C=O) groups is 2. The van der Waals surface area contributed by atoms with Gasteiger partial charge in [0.05, 0.1) is 15.6 Å². The number of likely N-dealkylation sites (tertiary alicyclic amines) is 1. The molecule has 1 saturated heterocycles. The Balaban J connectivity index is 1.57. The van der Waals surface area contributed by atoms with Crippen molar-refractivity contribution in [3.63, 3.8) is 0 Å². The third-order valence-electron chi connectivity index (χ3n) is 7.37. The van der Waals surface area contributed by atoms with E-state index in [0.717, 1.165) is 42.6 Å². The van der Waals surface area contributed by atoms with Gasteiger partial charge in [-0.05, 0) is 42.5 Å². The second-order valence-electron chi connectivity index (χ2n) is 10.1. The summed E-state index contributed by atoms with van der Waals surface area (Å²) in [6, 6.07) is 25.4. The number of hydrogen-bond acceptors (Lipinski definition) is 3. The van der Waals surface area contributed by atoms with Crippen LogP contribution in [0.4, 0.5) is 0 Å². The molecule has 4 rings (SSSR count). The molecule has 3 aromatic rings. The molecule has 0 radical (unpaired) electrons. The zero-order chi connectivity index (χ0) is 26.4. The summed E-state index contributed by atoms with van der Waals surface area (Å²) in [6.45, 7) is 5.40. The first-order chi connectivity index (χ1) is 17.8. The van der Waals surface area contributed by atoms with E-state index in [4.69, 9.17) is 23.2 Å². The molecule has 0 spiro atoms. The van der Waals surface area contributed by atoms with Crippen molar-refractivity contribution in [2.45, 2.75) is 51.1 Å². The molecule has 1 atom stereocenters. The van der Waals surface area contributed by atoms with Crippen LogP contribution in [-0.2, 0) is 10.3 Å². The van der Waals surface area contributed by atoms with Gasteiger partial charge in [0.1, 0.15) is 0 Å². The molecule has 0 saturated carbocycles. The molecular formula is C31H34Cl2N2O2. The van der Waals surface area contributed by atoms with Crippen LogP contribution in [0.25, 0.3) is 0 Å².